The number of nitrogen functional groups attached to an aromatic ring is 1. The molecule has 0 aromatic heterocycles. The number of benzene rings is 2. The lowest BCUT2D eigenvalue weighted by Gasteiger charge is -2.07. The third-order valence-corrected chi connectivity index (χ3v) is 3.42. The highest BCUT2D eigenvalue weighted by Gasteiger charge is 2.12. The molecule has 6 heteroatoms. The van der Waals surface area contributed by atoms with Crippen LogP contribution in [0.4, 0.5) is 10.1 Å². The maximum absolute atomic E-state index is 13.2. The number of carbonyl (C=O) groups excluding carboxylic acids is 1. The molecule has 0 spiro atoms. The van der Waals surface area contributed by atoms with Crippen molar-refractivity contribution in [2.75, 3.05) is 5.73 Å². The first-order valence-corrected chi connectivity index (χ1v) is 6.71. The van der Waals surface area contributed by atoms with Crippen molar-refractivity contribution < 1.29 is 13.9 Å². The summed E-state index contributed by atoms with van der Waals surface area (Å²) in [5.74, 6) is -1.16. The molecule has 2 aromatic rings. The zero-order chi connectivity index (χ0) is 15.4. The number of nitrogens with zero attached hydrogens (tertiary/aromatic N) is 1. The van der Waals surface area contributed by atoms with Gasteiger partial charge in [-0.15, -0.1) is 0 Å². The Kier molecular flexibility index (Phi) is 4.55. The lowest BCUT2D eigenvalue weighted by atomic mass is 10.1. The Morgan fingerprint density at radius 3 is 2.81 bits per heavy atom. The molecule has 4 nitrogen and oxygen atoms in total. The van der Waals surface area contributed by atoms with Gasteiger partial charge in [-0.1, -0.05) is 6.07 Å². The molecule has 2 rings (SSSR count). The average molecular weight is 349 g/mol. The first kappa shape index (κ1) is 15.0. The predicted octanol–water partition coefficient (Wildman–Crippen LogP) is 3.40. The number of ether oxygens (including phenoxy) is 1. The first-order chi connectivity index (χ1) is 10.0. The molecule has 0 heterocycles. The standard InChI is InChI=1S/C15H10BrFN2O2/c16-13-3-2-11(19)6-12(13)15(20)21-8-9-1-4-14(17)10(5-9)7-18/h1-6H,8,19H2. The smallest absolute Gasteiger partial charge is 0.339 e. The summed E-state index contributed by atoms with van der Waals surface area (Å²) < 4.78 is 18.9. The van der Waals surface area contributed by atoms with E-state index < -0.39 is 11.8 Å². The zero-order valence-electron chi connectivity index (χ0n) is 10.8. The number of rotatable bonds is 3. The van der Waals surface area contributed by atoms with E-state index in [-0.39, 0.29) is 12.2 Å². The van der Waals surface area contributed by atoms with E-state index >= 15 is 0 Å². The summed E-state index contributed by atoms with van der Waals surface area (Å²) in [6.07, 6.45) is 0. The summed E-state index contributed by atoms with van der Waals surface area (Å²) in [5, 5.41) is 8.75. The van der Waals surface area contributed by atoms with Gasteiger partial charge in [-0.05, 0) is 51.8 Å². The van der Waals surface area contributed by atoms with Gasteiger partial charge in [0, 0.05) is 10.2 Å². The van der Waals surface area contributed by atoms with E-state index in [0.29, 0.717) is 21.3 Å². The molecule has 0 fully saturated rings. The molecule has 2 aromatic carbocycles. The minimum Gasteiger partial charge on any atom is -0.457 e. The van der Waals surface area contributed by atoms with E-state index in [4.69, 9.17) is 15.7 Å². The predicted molar refractivity (Wildman–Crippen MR) is 78.8 cm³/mol. The molecule has 2 N–H and O–H groups in total. The summed E-state index contributed by atoms with van der Waals surface area (Å²) in [6.45, 7) is -0.0605. The van der Waals surface area contributed by atoms with Crippen LogP contribution in [0.15, 0.2) is 40.9 Å². The van der Waals surface area contributed by atoms with Crippen molar-refractivity contribution in [3.05, 3.63) is 63.4 Å². The van der Waals surface area contributed by atoms with Gasteiger partial charge in [0.2, 0.25) is 0 Å². The summed E-state index contributed by atoms with van der Waals surface area (Å²) in [4.78, 5) is 12.0. The number of carbonyl (C=O) groups is 1. The SMILES string of the molecule is N#Cc1cc(COC(=O)c2cc(N)ccc2Br)ccc1F. The van der Waals surface area contributed by atoms with Crippen molar-refractivity contribution in [1.82, 2.24) is 0 Å². The fraction of sp³-hybridized carbons (Fsp3) is 0.0667. The van der Waals surface area contributed by atoms with Gasteiger partial charge in [-0.25, -0.2) is 9.18 Å². The van der Waals surface area contributed by atoms with E-state index in [9.17, 15) is 9.18 Å². The van der Waals surface area contributed by atoms with Crippen LogP contribution < -0.4 is 5.73 Å². The normalized spacial score (nSPS) is 9.95. The number of anilines is 1. The van der Waals surface area contributed by atoms with Crippen molar-refractivity contribution in [3.8, 4) is 6.07 Å². The highest BCUT2D eigenvalue weighted by Crippen LogP contribution is 2.21. The number of nitrogens with two attached hydrogens (primary N) is 1. The molecule has 0 bridgehead atoms. The summed E-state index contributed by atoms with van der Waals surface area (Å²) >= 11 is 3.24. The van der Waals surface area contributed by atoms with Crippen molar-refractivity contribution >= 4 is 27.6 Å². The van der Waals surface area contributed by atoms with Gasteiger partial charge in [-0.3, -0.25) is 0 Å². The van der Waals surface area contributed by atoms with Crippen molar-refractivity contribution in [2.24, 2.45) is 0 Å². The Hall–Kier alpha value is -2.39. The van der Waals surface area contributed by atoms with E-state index in [1.807, 2.05) is 0 Å². The van der Waals surface area contributed by atoms with Crippen LogP contribution in [0.2, 0.25) is 0 Å². The van der Waals surface area contributed by atoms with Crippen LogP contribution in [0.25, 0.3) is 0 Å². The number of hydrogen-bond donors (Lipinski definition) is 1. The second kappa shape index (κ2) is 6.37. The topological polar surface area (TPSA) is 76.1 Å². The van der Waals surface area contributed by atoms with E-state index in [1.165, 1.54) is 18.2 Å². The third-order valence-electron chi connectivity index (χ3n) is 2.73. The van der Waals surface area contributed by atoms with Gasteiger partial charge in [-0.2, -0.15) is 5.26 Å². The van der Waals surface area contributed by atoms with Crippen LogP contribution in [0.3, 0.4) is 0 Å². The molecular weight excluding hydrogens is 339 g/mol. The van der Waals surface area contributed by atoms with Crippen molar-refractivity contribution in [3.63, 3.8) is 0 Å². The number of hydrogen-bond acceptors (Lipinski definition) is 4. The van der Waals surface area contributed by atoms with Crippen LogP contribution in [-0.4, -0.2) is 5.97 Å². The molecule has 106 valence electrons. The molecule has 0 aliphatic carbocycles. The molecule has 21 heavy (non-hydrogen) atoms. The van der Waals surface area contributed by atoms with Crippen LogP contribution in [0, 0.1) is 17.1 Å². The van der Waals surface area contributed by atoms with Crippen LogP contribution >= 0.6 is 15.9 Å². The second-order valence-corrected chi connectivity index (χ2v) is 5.10. The lowest BCUT2D eigenvalue weighted by molar-refractivity contribution is 0.0471. The Labute approximate surface area is 129 Å². The van der Waals surface area contributed by atoms with Gasteiger partial charge in [0.25, 0.3) is 0 Å². The lowest BCUT2D eigenvalue weighted by Crippen LogP contribution is -2.07. The van der Waals surface area contributed by atoms with Crippen LogP contribution in [0.5, 0.6) is 0 Å². The van der Waals surface area contributed by atoms with E-state index in [1.54, 1.807) is 18.2 Å². The monoisotopic (exact) mass is 348 g/mol. The Morgan fingerprint density at radius 1 is 1.33 bits per heavy atom. The van der Waals surface area contributed by atoms with Crippen molar-refractivity contribution in [1.29, 1.82) is 5.26 Å². The van der Waals surface area contributed by atoms with Crippen LogP contribution in [-0.2, 0) is 11.3 Å². The zero-order valence-corrected chi connectivity index (χ0v) is 12.4. The summed E-state index contributed by atoms with van der Waals surface area (Å²) in [6, 6.07) is 10.5. The highest BCUT2D eigenvalue weighted by molar-refractivity contribution is 9.10. The minimum absolute atomic E-state index is 0.0605. The maximum Gasteiger partial charge on any atom is 0.339 e. The summed E-state index contributed by atoms with van der Waals surface area (Å²) in [7, 11) is 0. The Balaban J connectivity index is 2.11. The quantitative estimate of drug-likeness (QED) is 0.681. The van der Waals surface area contributed by atoms with Gasteiger partial charge in [0.05, 0.1) is 11.1 Å². The molecule has 0 radical (unpaired) electrons. The first-order valence-electron chi connectivity index (χ1n) is 5.92. The number of halogens is 2. The van der Waals surface area contributed by atoms with E-state index in [2.05, 4.69) is 15.9 Å². The van der Waals surface area contributed by atoms with Crippen molar-refractivity contribution in [2.45, 2.75) is 6.61 Å². The number of esters is 1. The average Bonchev–Trinajstić information content (AvgIpc) is 2.48. The largest absolute Gasteiger partial charge is 0.457 e. The van der Waals surface area contributed by atoms with Crippen LogP contribution in [0.1, 0.15) is 21.5 Å². The van der Waals surface area contributed by atoms with E-state index in [0.717, 1.165) is 6.07 Å². The molecule has 0 amide bonds. The maximum atomic E-state index is 13.2. The Morgan fingerprint density at radius 2 is 2.10 bits per heavy atom. The number of nitriles is 1. The summed E-state index contributed by atoms with van der Waals surface area (Å²) in [5.41, 5.74) is 6.81. The van der Waals surface area contributed by atoms with Gasteiger partial charge in [0.1, 0.15) is 18.5 Å². The molecule has 0 saturated heterocycles. The fourth-order valence-electron chi connectivity index (χ4n) is 1.67. The van der Waals surface area contributed by atoms with Gasteiger partial charge in [0.15, 0.2) is 0 Å². The molecule has 0 aliphatic heterocycles. The Bertz CT molecular complexity index is 741. The second-order valence-electron chi connectivity index (χ2n) is 4.24. The minimum atomic E-state index is -0.605. The van der Waals surface area contributed by atoms with Gasteiger partial charge >= 0.3 is 5.97 Å². The molecule has 0 atom stereocenters. The van der Waals surface area contributed by atoms with Gasteiger partial charge < -0.3 is 10.5 Å². The molecule has 0 unspecified atom stereocenters. The molecule has 0 saturated carbocycles. The third kappa shape index (κ3) is 3.58. The molecular formula is C15H10BrFN2O2. The highest BCUT2D eigenvalue weighted by atomic mass is 79.9. The molecule has 0 aliphatic rings. The fourth-order valence-corrected chi connectivity index (χ4v) is 2.08.